The number of anilines is 1. The molecule has 4 aromatic rings. The predicted octanol–water partition coefficient (Wildman–Crippen LogP) is 3.23. The molecule has 136 valence electrons. The highest BCUT2D eigenvalue weighted by Gasteiger charge is 2.12. The Kier molecular flexibility index (Phi) is 4.91. The van der Waals surface area contributed by atoms with Crippen LogP contribution < -0.4 is 11.1 Å². The van der Waals surface area contributed by atoms with Crippen LogP contribution in [0.1, 0.15) is 22.6 Å². The summed E-state index contributed by atoms with van der Waals surface area (Å²) in [6.45, 7) is 0.625. The molecule has 0 radical (unpaired) electrons. The monoisotopic (exact) mass is 378 g/mol. The van der Waals surface area contributed by atoms with E-state index in [4.69, 9.17) is 5.73 Å². The molecular formula is C19H18N6OS. The molecule has 0 spiro atoms. The molecular weight excluding hydrogens is 360 g/mol. The Morgan fingerprint density at radius 3 is 2.85 bits per heavy atom. The van der Waals surface area contributed by atoms with E-state index in [1.165, 1.54) is 11.3 Å². The Morgan fingerprint density at radius 2 is 2.04 bits per heavy atom. The summed E-state index contributed by atoms with van der Waals surface area (Å²) in [5.41, 5.74) is 9.54. The van der Waals surface area contributed by atoms with Gasteiger partial charge in [-0.15, -0.1) is 11.3 Å². The summed E-state index contributed by atoms with van der Waals surface area (Å²) in [7, 11) is 0. The first-order valence-corrected chi connectivity index (χ1v) is 9.47. The van der Waals surface area contributed by atoms with Gasteiger partial charge in [0.25, 0.3) is 5.91 Å². The molecule has 4 rings (SSSR count). The number of imidazole rings is 1. The third-order valence-corrected chi connectivity index (χ3v) is 4.87. The van der Waals surface area contributed by atoms with E-state index in [1.807, 2.05) is 23.6 Å². The Hall–Kier alpha value is -3.10. The molecule has 1 amide bonds. The summed E-state index contributed by atoms with van der Waals surface area (Å²) >= 11 is 1.39. The largest absolute Gasteiger partial charge is 0.342 e. The second-order valence-electron chi connectivity index (χ2n) is 6.04. The number of benzene rings is 1. The van der Waals surface area contributed by atoms with Gasteiger partial charge >= 0.3 is 0 Å². The van der Waals surface area contributed by atoms with Crippen LogP contribution in [-0.2, 0) is 6.42 Å². The minimum absolute atomic E-state index is 0.209. The highest BCUT2D eigenvalue weighted by Crippen LogP contribution is 2.25. The number of fused-ring (bicyclic) bond motifs is 1. The Bertz CT molecular complexity index is 1070. The number of carbonyl (C=O) groups is 1. The van der Waals surface area contributed by atoms with Gasteiger partial charge < -0.3 is 10.7 Å². The number of nitrogens with one attached hydrogen (secondary N) is 2. The predicted molar refractivity (Wildman–Crippen MR) is 107 cm³/mol. The van der Waals surface area contributed by atoms with Gasteiger partial charge in [-0.3, -0.25) is 15.1 Å². The molecule has 0 bridgehead atoms. The summed E-state index contributed by atoms with van der Waals surface area (Å²) in [6, 6.07) is 9.20. The zero-order chi connectivity index (χ0) is 18.6. The molecule has 3 aromatic heterocycles. The van der Waals surface area contributed by atoms with Gasteiger partial charge in [0, 0.05) is 35.3 Å². The lowest BCUT2D eigenvalue weighted by atomic mass is 10.2. The van der Waals surface area contributed by atoms with Gasteiger partial charge in [0.15, 0.2) is 5.13 Å². The molecule has 0 saturated carbocycles. The molecule has 0 saturated heterocycles. The van der Waals surface area contributed by atoms with Crippen molar-refractivity contribution in [3.05, 3.63) is 59.5 Å². The first kappa shape index (κ1) is 17.3. The Labute approximate surface area is 159 Å². The first-order valence-electron chi connectivity index (χ1n) is 8.59. The lowest BCUT2D eigenvalue weighted by Gasteiger charge is -2.01. The SMILES string of the molecule is NCCCc1nc2cc(C(=O)Nc3nc(-c4ccncc4)cs3)ccc2[nH]1. The van der Waals surface area contributed by atoms with Crippen molar-refractivity contribution in [1.82, 2.24) is 19.9 Å². The molecule has 0 aliphatic carbocycles. The maximum atomic E-state index is 12.6. The molecule has 3 heterocycles. The molecule has 1 aromatic carbocycles. The van der Waals surface area contributed by atoms with Crippen molar-refractivity contribution in [2.45, 2.75) is 12.8 Å². The van der Waals surface area contributed by atoms with Gasteiger partial charge in [-0.25, -0.2) is 9.97 Å². The molecule has 0 atom stereocenters. The fourth-order valence-electron chi connectivity index (χ4n) is 2.74. The molecule has 4 N–H and O–H groups in total. The van der Waals surface area contributed by atoms with Crippen molar-refractivity contribution in [3.8, 4) is 11.3 Å². The number of aromatic amines is 1. The third kappa shape index (κ3) is 3.86. The number of aromatic nitrogens is 4. The first-order chi connectivity index (χ1) is 13.2. The maximum Gasteiger partial charge on any atom is 0.257 e. The smallest absolute Gasteiger partial charge is 0.257 e. The summed E-state index contributed by atoms with van der Waals surface area (Å²) in [4.78, 5) is 28.8. The number of pyridine rings is 1. The van der Waals surface area contributed by atoms with Crippen LogP contribution >= 0.6 is 11.3 Å². The average Bonchev–Trinajstić information content (AvgIpc) is 3.33. The van der Waals surface area contributed by atoms with Gasteiger partial charge in [-0.05, 0) is 43.3 Å². The number of H-pyrrole nitrogens is 1. The van der Waals surface area contributed by atoms with Crippen LogP contribution in [0.3, 0.4) is 0 Å². The van der Waals surface area contributed by atoms with Crippen LogP contribution in [0.25, 0.3) is 22.3 Å². The quantitative estimate of drug-likeness (QED) is 0.477. The van der Waals surface area contributed by atoms with Crippen molar-refractivity contribution in [3.63, 3.8) is 0 Å². The number of aryl methyl sites for hydroxylation is 1. The van der Waals surface area contributed by atoms with E-state index in [0.29, 0.717) is 17.2 Å². The van der Waals surface area contributed by atoms with Gasteiger partial charge in [0.1, 0.15) is 5.82 Å². The maximum absolute atomic E-state index is 12.6. The number of hydrogen-bond donors (Lipinski definition) is 3. The normalized spacial score (nSPS) is 11.0. The second kappa shape index (κ2) is 7.65. The second-order valence-corrected chi connectivity index (χ2v) is 6.89. The molecule has 7 nitrogen and oxygen atoms in total. The number of amides is 1. The van der Waals surface area contributed by atoms with Gasteiger partial charge in [-0.1, -0.05) is 0 Å². The van der Waals surface area contributed by atoms with E-state index in [2.05, 4.69) is 25.3 Å². The number of nitrogens with two attached hydrogens (primary N) is 1. The van der Waals surface area contributed by atoms with Gasteiger partial charge in [0.2, 0.25) is 0 Å². The van der Waals surface area contributed by atoms with E-state index in [-0.39, 0.29) is 5.91 Å². The van der Waals surface area contributed by atoms with Gasteiger partial charge in [0.05, 0.1) is 16.7 Å². The number of rotatable bonds is 6. The van der Waals surface area contributed by atoms with Crippen LogP contribution in [0.15, 0.2) is 48.1 Å². The van der Waals surface area contributed by atoms with E-state index in [0.717, 1.165) is 41.0 Å². The van der Waals surface area contributed by atoms with E-state index in [9.17, 15) is 4.79 Å². The average molecular weight is 378 g/mol. The Morgan fingerprint density at radius 1 is 1.19 bits per heavy atom. The van der Waals surface area contributed by atoms with E-state index >= 15 is 0 Å². The van der Waals surface area contributed by atoms with Crippen LogP contribution in [-0.4, -0.2) is 32.4 Å². The molecule has 0 aliphatic rings. The number of hydrogen-bond acceptors (Lipinski definition) is 6. The standard InChI is InChI=1S/C19H18N6OS/c20-7-1-2-17-22-14-4-3-13(10-15(14)23-17)18(26)25-19-24-16(11-27-19)12-5-8-21-9-6-12/h3-6,8-11H,1-2,7,20H2,(H,22,23)(H,24,25,26). The number of thiazole rings is 1. The van der Waals surface area contributed by atoms with E-state index < -0.39 is 0 Å². The highest BCUT2D eigenvalue weighted by atomic mass is 32.1. The van der Waals surface area contributed by atoms with Crippen molar-refractivity contribution >= 4 is 33.4 Å². The summed E-state index contributed by atoms with van der Waals surface area (Å²) in [5, 5.41) is 5.31. The zero-order valence-electron chi connectivity index (χ0n) is 14.5. The van der Waals surface area contributed by atoms with Crippen molar-refractivity contribution in [1.29, 1.82) is 0 Å². The van der Waals surface area contributed by atoms with Crippen molar-refractivity contribution in [2.24, 2.45) is 5.73 Å². The third-order valence-electron chi connectivity index (χ3n) is 4.11. The van der Waals surface area contributed by atoms with Crippen LogP contribution in [0.4, 0.5) is 5.13 Å². The lowest BCUT2D eigenvalue weighted by molar-refractivity contribution is 0.102. The van der Waals surface area contributed by atoms with Crippen molar-refractivity contribution in [2.75, 3.05) is 11.9 Å². The minimum atomic E-state index is -0.209. The molecule has 8 heteroatoms. The Balaban J connectivity index is 1.50. The van der Waals surface area contributed by atoms with Crippen LogP contribution in [0.2, 0.25) is 0 Å². The number of nitrogens with zero attached hydrogens (tertiary/aromatic N) is 3. The summed E-state index contributed by atoms with van der Waals surface area (Å²) in [5.74, 6) is 0.675. The summed E-state index contributed by atoms with van der Waals surface area (Å²) < 4.78 is 0. The van der Waals surface area contributed by atoms with Crippen LogP contribution in [0, 0.1) is 0 Å². The summed E-state index contributed by atoms with van der Waals surface area (Å²) in [6.07, 6.45) is 5.10. The van der Waals surface area contributed by atoms with Crippen LogP contribution in [0.5, 0.6) is 0 Å². The van der Waals surface area contributed by atoms with E-state index in [1.54, 1.807) is 24.5 Å². The molecule has 0 unspecified atom stereocenters. The van der Waals surface area contributed by atoms with Crippen molar-refractivity contribution < 1.29 is 4.79 Å². The lowest BCUT2D eigenvalue weighted by Crippen LogP contribution is -2.11. The minimum Gasteiger partial charge on any atom is -0.342 e. The molecule has 0 fully saturated rings. The topological polar surface area (TPSA) is 110 Å². The number of carbonyl (C=O) groups excluding carboxylic acids is 1. The molecule has 0 aliphatic heterocycles. The van der Waals surface area contributed by atoms with Gasteiger partial charge in [-0.2, -0.15) is 0 Å². The highest BCUT2D eigenvalue weighted by molar-refractivity contribution is 7.14. The fourth-order valence-corrected chi connectivity index (χ4v) is 3.46. The zero-order valence-corrected chi connectivity index (χ0v) is 15.3. The fraction of sp³-hybridized carbons (Fsp3) is 0.158. The molecule has 27 heavy (non-hydrogen) atoms.